The second kappa shape index (κ2) is 8.02. The van der Waals surface area contributed by atoms with E-state index < -0.39 is 7.38 Å². The van der Waals surface area contributed by atoms with Gasteiger partial charge in [-0.05, 0) is 23.6 Å². The van der Waals surface area contributed by atoms with Crippen LogP contribution in [0.15, 0.2) is 54.6 Å². The van der Waals surface area contributed by atoms with Crippen LogP contribution in [0.25, 0.3) is 27.1 Å². The number of hydrogen-bond acceptors (Lipinski definition) is 0. The third-order valence-corrected chi connectivity index (χ3v) is 10.6. The summed E-state index contributed by atoms with van der Waals surface area (Å²) in [4.78, 5) is 0. The third-order valence-electron chi connectivity index (χ3n) is 5.36. The molecule has 26 heavy (non-hydrogen) atoms. The molecule has 2 aliphatic rings. The molecule has 131 valence electrons. The average molecular weight is 496 g/mol. The summed E-state index contributed by atoms with van der Waals surface area (Å²) in [5, 5.41) is 8.59. The topological polar surface area (TPSA) is 0 Å². The minimum Gasteiger partial charge on any atom is -1.00 e. The molecule has 1 radical (unpaired) electrons. The molecule has 0 spiro atoms. The Bertz CT molecular complexity index is 1030. The molecule has 0 saturated heterocycles. The number of allylic oxidation sites excluding steroid dienone is 4. The van der Waals surface area contributed by atoms with Gasteiger partial charge in [0.2, 0.25) is 0 Å². The average Bonchev–Trinajstić information content (AvgIpc) is 2.97. The Kier molecular flexibility index (Phi) is 6.80. The number of rotatable bonds is 3. The summed E-state index contributed by atoms with van der Waals surface area (Å²) in [6, 6.07) is 14.7. The van der Waals surface area contributed by atoms with E-state index in [0.717, 1.165) is 12.5 Å². The van der Waals surface area contributed by atoms with Gasteiger partial charge in [-0.3, -0.25) is 0 Å². The van der Waals surface area contributed by atoms with Crippen molar-refractivity contribution in [3.63, 3.8) is 0 Å². The molecule has 5 heteroatoms. The van der Waals surface area contributed by atoms with Crippen molar-refractivity contribution in [2.75, 3.05) is 0 Å². The zero-order valence-corrected chi connectivity index (χ0v) is 20.2. The Hall–Kier alpha value is -0.240. The van der Waals surface area contributed by atoms with E-state index in [0.29, 0.717) is 0 Å². The van der Waals surface area contributed by atoms with Gasteiger partial charge in [0.15, 0.2) is 7.38 Å². The second-order valence-corrected chi connectivity index (χ2v) is 11.8. The van der Waals surface area contributed by atoms with Gasteiger partial charge >= 0.3 is 26.2 Å². The van der Waals surface area contributed by atoms with Gasteiger partial charge in [-0.1, -0.05) is 66.2 Å². The first-order valence-corrected chi connectivity index (χ1v) is 11.7. The SMILES string of the molecule is CCC[Si]1(Cl)c2c(C3=CC=CC3)cc3c([cH-]c4ccccc43)c21.[Cl-].[Cl-].[Zr+3]. The monoisotopic (exact) mass is 493 g/mol. The minimum absolute atomic E-state index is 0. The van der Waals surface area contributed by atoms with E-state index in [1.807, 2.05) is 0 Å². The summed E-state index contributed by atoms with van der Waals surface area (Å²) in [6.07, 6.45) is 8.90. The molecule has 3 aromatic carbocycles. The molecule has 1 heterocycles. The summed E-state index contributed by atoms with van der Waals surface area (Å²) >= 11 is 7.22. The van der Waals surface area contributed by atoms with Crippen LogP contribution in [0.4, 0.5) is 0 Å². The zero-order valence-electron chi connectivity index (χ0n) is 14.5. The molecule has 0 nitrogen and oxygen atoms in total. The van der Waals surface area contributed by atoms with Crippen molar-refractivity contribution in [3.05, 3.63) is 60.2 Å². The smallest absolute Gasteiger partial charge is 1.00 e. The second-order valence-electron chi connectivity index (χ2n) is 6.74. The fourth-order valence-corrected chi connectivity index (χ4v) is 9.95. The molecule has 3 aromatic rings. The molecule has 1 aliphatic carbocycles. The Morgan fingerprint density at radius 1 is 1.12 bits per heavy atom. The largest absolute Gasteiger partial charge is 3.00 e. The van der Waals surface area contributed by atoms with Crippen LogP contribution < -0.4 is 35.2 Å². The first-order chi connectivity index (χ1) is 11.2. The number of benzene rings is 2. The van der Waals surface area contributed by atoms with E-state index >= 15 is 0 Å². The molecule has 1 aliphatic heterocycles. The molecule has 0 fully saturated rings. The van der Waals surface area contributed by atoms with Crippen LogP contribution in [-0.4, -0.2) is 7.38 Å². The number of halogens is 3. The molecule has 1 unspecified atom stereocenters. The zero-order chi connectivity index (χ0) is 15.6. The molecule has 0 amide bonds. The van der Waals surface area contributed by atoms with Crippen LogP contribution in [0.2, 0.25) is 6.04 Å². The van der Waals surface area contributed by atoms with E-state index in [4.69, 9.17) is 11.1 Å². The minimum atomic E-state index is -1.88. The molecule has 5 rings (SSSR count). The molecule has 0 saturated carbocycles. The molecule has 0 aromatic heterocycles. The summed E-state index contributed by atoms with van der Waals surface area (Å²) in [5.41, 5.74) is 2.88. The van der Waals surface area contributed by atoms with Crippen LogP contribution in [0.3, 0.4) is 0 Å². The summed E-state index contributed by atoms with van der Waals surface area (Å²) in [5.74, 6) is 0. The van der Waals surface area contributed by atoms with Crippen molar-refractivity contribution in [3.8, 4) is 0 Å². The van der Waals surface area contributed by atoms with Crippen LogP contribution in [-0.2, 0) is 26.2 Å². The van der Waals surface area contributed by atoms with E-state index in [1.54, 1.807) is 0 Å². The maximum absolute atomic E-state index is 7.22. The van der Waals surface area contributed by atoms with E-state index in [1.165, 1.54) is 49.5 Å². The van der Waals surface area contributed by atoms with E-state index in [-0.39, 0.29) is 51.0 Å². The van der Waals surface area contributed by atoms with Gasteiger partial charge in [-0.15, -0.1) is 33.7 Å². The Balaban J connectivity index is 0.000000810. The van der Waals surface area contributed by atoms with Crippen molar-refractivity contribution in [2.45, 2.75) is 25.8 Å². The van der Waals surface area contributed by atoms with Gasteiger partial charge in [0.25, 0.3) is 0 Å². The fourth-order valence-electron chi connectivity index (χ4n) is 4.31. The normalized spacial score (nSPS) is 19.4. The summed E-state index contributed by atoms with van der Waals surface area (Å²) in [7, 11) is -1.88. The van der Waals surface area contributed by atoms with Crippen molar-refractivity contribution >= 4 is 56.0 Å². The van der Waals surface area contributed by atoms with Crippen molar-refractivity contribution < 1.29 is 51.0 Å². The molecule has 1 atom stereocenters. The van der Waals surface area contributed by atoms with E-state index in [2.05, 4.69) is 61.5 Å². The predicted octanol–water partition coefficient (Wildman–Crippen LogP) is -0.917. The fraction of sp³-hybridized carbons (Fsp3) is 0.190. The number of hydrogen-bond donors (Lipinski definition) is 0. The number of fused-ring (bicyclic) bond motifs is 5. The Morgan fingerprint density at radius 2 is 1.88 bits per heavy atom. The summed E-state index contributed by atoms with van der Waals surface area (Å²) in [6.45, 7) is 2.25. The van der Waals surface area contributed by atoms with Gasteiger partial charge in [0.05, 0.1) is 0 Å². The van der Waals surface area contributed by atoms with Gasteiger partial charge < -0.3 is 24.8 Å². The molecule has 0 N–H and O–H groups in total. The first kappa shape index (κ1) is 22.1. The molecular formula is C21H18Cl3SiZr. The van der Waals surface area contributed by atoms with Gasteiger partial charge in [-0.2, -0.15) is 11.1 Å². The van der Waals surface area contributed by atoms with Crippen molar-refractivity contribution in [2.24, 2.45) is 0 Å². The van der Waals surface area contributed by atoms with Gasteiger partial charge in [0, 0.05) is 0 Å². The Labute approximate surface area is 191 Å². The Morgan fingerprint density at radius 3 is 2.58 bits per heavy atom. The van der Waals surface area contributed by atoms with Crippen LogP contribution in [0, 0.1) is 0 Å². The maximum Gasteiger partial charge on any atom is 3.00 e. The van der Waals surface area contributed by atoms with Crippen LogP contribution in [0.5, 0.6) is 0 Å². The van der Waals surface area contributed by atoms with Crippen molar-refractivity contribution in [1.29, 1.82) is 0 Å². The quantitative estimate of drug-likeness (QED) is 0.251. The predicted molar refractivity (Wildman–Crippen MR) is 105 cm³/mol. The summed E-state index contributed by atoms with van der Waals surface area (Å²) < 4.78 is 0. The third kappa shape index (κ3) is 3.03. The standard InChI is InChI=1S/C21H18ClSi.2ClH.Zr/c1-2-11-23(22)20-17(14-7-3-4-8-14)13-18-16-10-6-5-9-15(16)12-19(18)21(20)23;;;/h3-7,9-10,12-13H,2,8,11H2,1H3;2*1H;/q-1;;;+3/p-2. The van der Waals surface area contributed by atoms with Gasteiger partial charge in [0.1, 0.15) is 0 Å². The van der Waals surface area contributed by atoms with Crippen LogP contribution in [0.1, 0.15) is 25.3 Å². The first-order valence-electron chi connectivity index (χ1n) is 8.45. The van der Waals surface area contributed by atoms with E-state index in [9.17, 15) is 0 Å². The van der Waals surface area contributed by atoms with Crippen LogP contribution >= 0.6 is 11.1 Å². The molecular weight excluding hydrogens is 478 g/mol. The molecule has 0 bridgehead atoms. The maximum atomic E-state index is 7.22. The van der Waals surface area contributed by atoms with Gasteiger partial charge in [-0.25, -0.2) is 0 Å². The van der Waals surface area contributed by atoms with Crippen molar-refractivity contribution in [1.82, 2.24) is 0 Å².